The SMILES string of the molecule is C=CCNC(=O)c1nc(C(=O)N2CCN(C)CC2)n2ccccc12. The van der Waals surface area contributed by atoms with Crippen molar-refractivity contribution in [1.29, 1.82) is 0 Å². The van der Waals surface area contributed by atoms with E-state index < -0.39 is 0 Å². The summed E-state index contributed by atoms with van der Waals surface area (Å²) in [5.74, 6) is -0.179. The molecule has 1 N–H and O–H groups in total. The number of hydrogen-bond acceptors (Lipinski definition) is 4. The maximum Gasteiger partial charge on any atom is 0.290 e. The highest BCUT2D eigenvalue weighted by Crippen LogP contribution is 2.15. The lowest BCUT2D eigenvalue weighted by atomic mass is 10.3. The van der Waals surface area contributed by atoms with Crippen molar-refractivity contribution in [1.82, 2.24) is 24.5 Å². The van der Waals surface area contributed by atoms with Crippen molar-refractivity contribution in [2.24, 2.45) is 0 Å². The number of rotatable bonds is 4. The van der Waals surface area contributed by atoms with Gasteiger partial charge in [0, 0.05) is 38.9 Å². The predicted octanol–water partition coefficient (Wildman–Crippen LogP) is 0.638. The van der Waals surface area contributed by atoms with E-state index in [1.165, 1.54) is 0 Å². The monoisotopic (exact) mass is 327 g/mol. The number of pyridine rings is 1. The summed E-state index contributed by atoms with van der Waals surface area (Å²) in [5, 5.41) is 2.71. The molecule has 0 bridgehead atoms. The molecule has 1 saturated heterocycles. The van der Waals surface area contributed by atoms with E-state index >= 15 is 0 Å². The van der Waals surface area contributed by atoms with Gasteiger partial charge in [-0.05, 0) is 19.2 Å². The molecule has 0 saturated carbocycles. The number of nitrogens with zero attached hydrogens (tertiary/aromatic N) is 4. The lowest BCUT2D eigenvalue weighted by molar-refractivity contribution is 0.0651. The second kappa shape index (κ2) is 6.84. The molecular formula is C17H21N5O2. The summed E-state index contributed by atoms with van der Waals surface area (Å²) in [6, 6.07) is 5.43. The molecule has 7 nitrogen and oxygen atoms in total. The maximum atomic E-state index is 12.8. The molecule has 0 radical (unpaired) electrons. The van der Waals surface area contributed by atoms with Crippen LogP contribution in [0, 0.1) is 0 Å². The van der Waals surface area contributed by atoms with E-state index in [9.17, 15) is 9.59 Å². The Labute approximate surface area is 140 Å². The summed E-state index contributed by atoms with van der Waals surface area (Å²) < 4.78 is 1.68. The first-order valence-corrected chi connectivity index (χ1v) is 7.96. The van der Waals surface area contributed by atoms with E-state index in [-0.39, 0.29) is 23.3 Å². The molecule has 1 aliphatic rings. The number of nitrogens with one attached hydrogen (secondary N) is 1. The van der Waals surface area contributed by atoms with E-state index in [4.69, 9.17) is 0 Å². The van der Waals surface area contributed by atoms with Gasteiger partial charge in [0.1, 0.15) is 0 Å². The van der Waals surface area contributed by atoms with Gasteiger partial charge >= 0.3 is 0 Å². The van der Waals surface area contributed by atoms with Gasteiger partial charge in [0.05, 0.1) is 5.52 Å². The van der Waals surface area contributed by atoms with Crippen LogP contribution >= 0.6 is 0 Å². The van der Waals surface area contributed by atoms with E-state index in [0.29, 0.717) is 25.2 Å². The summed E-state index contributed by atoms with van der Waals surface area (Å²) >= 11 is 0. The van der Waals surface area contributed by atoms with Crippen molar-refractivity contribution in [2.75, 3.05) is 39.8 Å². The summed E-state index contributed by atoms with van der Waals surface area (Å²) in [6.07, 6.45) is 3.36. The Hall–Kier alpha value is -2.67. The number of hydrogen-bond donors (Lipinski definition) is 1. The second-order valence-corrected chi connectivity index (χ2v) is 5.83. The number of amides is 2. The summed E-state index contributed by atoms with van der Waals surface area (Å²) in [7, 11) is 2.04. The van der Waals surface area contributed by atoms with Gasteiger partial charge in [-0.15, -0.1) is 6.58 Å². The summed E-state index contributed by atoms with van der Waals surface area (Å²) in [5.41, 5.74) is 0.881. The molecule has 1 aliphatic heterocycles. The van der Waals surface area contributed by atoms with Crippen LogP contribution in [-0.2, 0) is 0 Å². The first kappa shape index (κ1) is 16.2. The molecule has 7 heteroatoms. The third-order valence-corrected chi connectivity index (χ3v) is 4.15. The van der Waals surface area contributed by atoms with Gasteiger partial charge in [0.25, 0.3) is 11.8 Å². The van der Waals surface area contributed by atoms with Gasteiger partial charge < -0.3 is 15.1 Å². The van der Waals surface area contributed by atoms with Gasteiger partial charge in [-0.2, -0.15) is 0 Å². The largest absolute Gasteiger partial charge is 0.347 e. The topological polar surface area (TPSA) is 70.0 Å². The number of aromatic nitrogens is 2. The second-order valence-electron chi connectivity index (χ2n) is 5.83. The van der Waals surface area contributed by atoms with Crippen LogP contribution in [-0.4, -0.2) is 70.8 Å². The number of carbonyl (C=O) groups excluding carboxylic acids is 2. The van der Waals surface area contributed by atoms with Crippen LogP contribution in [0.4, 0.5) is 0 Å². The zero-order valence-corrected chi connectivity index (χ0v) is 13.7. The van der Waals surface area contributed by atoms with Crippen LogP contribution in [0.25, 0.3) is 5.52 Å². The molecule has 3 heterocycles. The van der Waals surface area contributed by atoms with Crippen molar-refractivity contribution in [2.45, 2.75) is 0 Å². The molecule has 0 atom stereocenters. The van der Waals surface area contributed by atoms with Crippen LogP contribution < -0.4 is 5.32 Å². The minimum absolute atomic E-state index is 0.146. The smallest absolute Gasteiger partial charge is 0.290 e. The van der Waals surface area contributed by atoms with Crippen LogP contribution in [0.3, 0.4) is 0 Å². The highest BCUT2D eigenvalue weighted by molar-refractivity contribution is 6.02. The molecule has 2 aromatic heterocycles. The molecule has 0 unspecified atom stereocenters. The third-order valence-electron chi connectivity index (χ3n) is 4.15. The van der Waals surface area contributed by atoms with E-state index in [2.05, 4.69) is 21.8 Å². The lowest BCUT2D eigenvalue weighted by Gasteiger charge is -2.31. The van der Waals surface area contributed by atoms with E-state index in [1.54, 1.807) is 27.6 Å². The third kappa shape index (κ3) is 3.03. The molecule has 0 aliphatic carbocycles. The van der Waals surface area contributed by atoms with E-state index in [0.717, 1.165) is 13.1 Å². The fraction of sp³-hybridized carbons (Fsp3) is 0.353. The number of piperazine rings is 1. The minimum atomic E-state index is -0.309. The van der Waals surface area contributed by atoms with Gasteiger partial charge in [-0.3, -0.25) is 14.0 Å². The average Bonchev–Trinajstić information content (AvgIpc) is 2.99. The van der Waals surface area contributed by atoms with Crippen molar-refractivity contribution in [3.05, 3.63) is 48.6 Å². The molecule has 1 fully saturated rings. The summed E-state index contributed by atoms with van der Waals surface area (Å²) in [6.45, 7) is 6.93. The zero-order chi connectivity index (χ0) is 17.1. The molecular weight excluding hydrogens is 306 g/mol. The van der Waals surface area contributed by atoms with Gasteiger partial charge in [-0.1, -0.05) is 12.1 Å². The van der Waals surface area contributed by atoms with Crippen molar-refractivity contribution in [3.8, 4) is 0 Å². The maximum absolute atomic E-state index is 12.8. The Morgan fingerprint density at radius 2 is 2.04 bits per heavy atom. The Kier molecular flexibility index (Phi) is 4.61. The first-order valence-electron chi connectivity index (χ1n) is 7.96. The molecule has 0 spiro atoms. The fourth-order valence-corrected chi connectivity index (χ4v) is 2.76. The van der Waals surface area contributed by atoms with Gasteiger partial charge in [0.2, 0.25) is 5.82 Å². The Balaban J connectivity index is 1.94. The molecule has 126 valence electrons. The Bertz CT molecular complexity index is 774. The van der Waals surface area contributed by atoms with Crippen molar-refractivity contribution >= 4 is 17.3 Å². The lowest BCUT2D eigenvalue weighted by Crippen LogP contribution is -2.47. The Morgan fingerprint density at radius 1 is 1.29 bits per heavy atom. The van der Waals surface area contributed by atoms with Crippen LogP contribution in [0.5, 0.6) is 0 Å². The number of carbonyl (C=O) groups is 2. The standard InChI is InChI=1S/C17H21N5O2/c1-3-7-18-16(23)14-13-6-4-5-8-22(13)15(19-14)17(24)21-11-9-20(2)10-12-21/h3-6,8H,1,7,9-12H2,2H3,(H,18,23). The number of likely N-dealkylation sites (N-methyl/N-ethyl adjacent to an activating group) is 1. The quantitative estimate of drug-likeness (QED) is 0.837. The van der Waals surface area contributed by atoms with Crippen LogP contribution in [0.15, 0.2) is 37.1 Å². The van der Waals surface area contributed by atoms with Crippen molar-refractivity contribution < 1.29 is 9.59 Å². The van der Waals surface area contributed by atoms with Crippen LogP contribution in [0.1, 0.15) is 21.1 Å². The number of imidazole rings is 1. The normalized spacial score (nSPS) is 15.5. The zero-order valence-electron chi connectivity index (χ0n) is 13.7. The molecule has 2 aromatic rings. The predicted molar refractivity (Wildman–Crippen MR) is 91.1 cm³/mol. The molecule has 24 heavy (non-hydrogen) atoms. The van der Waals surface area contributed by atoms with Crippen LogP contribution in [0.2, 0.25) is 0 Å². The van der Waals surface area contributed by atoms with Crippen molar-refractivity contribution in [3.63, 3.8) is 0 Å². The molecule has 2 amide bonds. The highest BCUT2D eigenvalue weighted by atomic mass is 16.2. The van der Waals surface area contributed by atoms with Gasteiger partial charge in [-0.25, -0.2) is 4.98 Å². The van der Waals surface area contributed by atoms with E-state index in [1.807, 2.05) is 19.2 Å². The highest BCUT2D eigenvalue weighted by Gasteiger charge is 2.26. The molecule has 0 aromatic carbocycles. The Morgan fingerprint density at radius 3 is 2.75 bits per heavy atom. The fourth-order valence-electron chi connectivity index (χ4n) is 2.76. The first-order chi connectivity index (χ1) is 11.6. The average molecular weight is 327 g/mol. The van der Waals surface area contributed by atoms with Gasteiger partial charge in [0.15, 0.2) is 5.69 Å². The minimum Gasteiger partial charge on any atom is -0.347 e. The number of fused-ring (bicyclic) bond motifs is 1. The molecule has 3 rings (SSSR count). The summed E-state index contributed by atoms with van der Waals surface area (Å²) in [4.78, 5) is 33.5.